The van der Waals surface area contributed by atoms with Gasteiger partial charge in [-0.1, -0.05) is 29.3 Å². The van der Waals surface area contributed by atoms with E-state index in [0.29, 0.717) is 34.3 Å². The summed E-state index contributed by atoms with van der Waals surface area (Å²) in [6.07, 6.45) is 5.91. The zero-order chi connectivity index (χ0) is 18.3. The van der Waals surface area contributed by atoms with Gasteiger partial charge in [-0.25, -0.2) is 9.78 Å². The summed E-state index contributed by atoms with van der Waals surface area (Å²) in [5.74, 6) is -0.251. The number of rotatable bonds is 3. The average Bonchev–Trinajstić information content (AvgIpc) is 3.18. The van der Waals surface area contributed by atoms with Crippen LogP contribution in [0.25, 0.3) is 22.0 Å². The first-order valence-electron chi connectivity index (χ1n) is 8.33. The Bertz CT molecular complexity index is 975. The number of nitrogens with zero attached hydrogens (tertiary/aromatic N) is 3. The molecule has 1 saturated heterocycles. The molecular weight excluding hydrogens is 375 g/mol. The van der Waals surface area contributed by atoms with Crippen LogP contribution in [0.2, 0.25) is 10.0 Å². The van der Waals surface area contributed by atoms with Crippen LogP contribution in [-0.2, 0) is 4.79 Å². The van der Waals surface area contributed by atoms with Crippen LogP contribution < -0.4 is 4.90 Å². The van der Waals surface area contributed by atoms with E-state index in [0.717, 1.165) is 29.4 Å². The largest absolute Gasteiger partial charge is 0.480 e. The number of H-pyrrole nitrogens is 1. The molecule has 1 aliphatic rings. The molecule has 1 atom stereocenters. The van der Waals surface area contributed by atoms with Gasteiger partial charge in [0.1, 0.15) is 11.9 Å². The Balaban J connectivity index is 1.95. The van der Waals surface area contributed by atoms with Crippen molar-refractivity contribution in [1.29, 1.82) is 0 Å². The highest BCUT2D eigenvalue weighted by molar-refractivity contribution is 6.45. The minimum atomic E-state index is -0.839. The highest BCUT2D eigenvalue weighted by Crippen LogP contribution is 2.38. The SMILES string of the molecule is O=C(O)[C@@H]1CCCCN1c1cc(-c2cn[nH]c2)c2ccc(Cl)c(Cl)c2n1. The van der Waals surface area contributed by atoms with Gasteiger partial charge in [0.2, 0.25) is 0 Å². The first kappa shape index (κ1) is 17.1. The summed E-state index contributed by atoms with van der Waals surface area (Å²) in [4.78, 5) is 18.2. The molecule has 6 nitrogen and oxygen atoms in total. The van der Waals surface area contributed by atoms with E-state index in [1.807, 2.05) is 17.0 Å². The fourth-order valence-electron chi connectivity index (χ4n) is 3.47. The van der Waals surface area contributed by atoms with E-state index in [-0.39, 0.29) is 0 Å². The second-order valence-corrected chi connectivity index (χ2v) is 7.10. The fourth-order valence-corrected chi connectivity index (χ4v) is 3.83. The molecule has 134 valence electrons. The third-order valence-electron chi connectivity index (χ3n) is 4.75. The van der Waals surface area contributed by atoms with Crippen LogP contribution in [0.1, 0.15) is 19.3 Å². The van der Waals surface area contributed by atoms with E-state index in [9.17, 15) is 9.90 Å². The lowest BCUT2D eigenvalue weighted by Crippen LogP contribution is -2.45. The maximum atomic E-state index is 11.7. The van der Waals surface area contributed by atoms with Gasteiger partial charge in [0.15, 0.2) is 0 Å². The van der Waals surface area contributed by atoms with Crippen molar-refractivity contribution in [2.24, 2.45) is 0 Å². The molecular formula is C18H16Cl2N4O2. The van der Waals surface area contributed by atoms with E-state index in [2.05, 4.69) is 15.2 Å². The van der Waals surface area contributed by atoms with Gasteiger partial charge in [0, 0.05) is 23.7 Å². The zero-order valence-electron chi connectivity index (χ0n) is 13.7. The molecule has 0 radical (unpaired) electrons. The van der Waals surface area contributed by atoms with Gasteiger partial charge in [0.05, 0.1) is 21.8 Å². The molecule has 3 heterocycles. The number of anilines is 1. The lowest BCUT2D eigenvalue weighted by Gasteiger charge is -2.34. The Kier molecular flexibility index (Phi) is 4.46. The normalized spacial score (nSPS) is 17.6. The van der Waals surface area contributed by atoms with Crippen LogP contribution in [0.15, 0.2) is 30.6 Å². The molecule has 0 aliphatic carbocycles. The highest BCUT2D eigenvalue weighted by atomic mass is 35.5. The number of hydrogen-bond acceptors (Lipinski definition) is 4. The second-order valence-electron chi connectivity index (χ2n) is 6.32. The molecule has 0 saturated carbocycles. The lowest BCUT2D eigenvalue weighted by molar-refractivity contribution is -0.139. The number of aliphatic carboxylic acids is 1. The molecule has 2 N–H and O–H groups in total. The molecule has 1 aliphatic heterocycles. The van der Waals surface area contributed by atoms with E-state index in [1.54, 1.807) is 18.5 Å². The van der Waals surface area contributed by atoms with Crippen LogP contribution >= 0.6 is 23.2 Å². The predicted molar refractivity (Wildman–Crippen MR) is 102 cm³/mol. The smallest absolute Gasteiger partial charge is 0.326 e. The number of carbonyl (C=O) groups is 1. The Morgan fingerprint density at radius 3 is 2.88 bits per heavy atom. The molecule has 4 rings (SSSR count). The zero-order valence-corrected chi connectivity index (χ0v) is 15.3. The molecule has 0 unspecified atom stereocenters. The van der Waals surface area contributed by atoms with Gasteiger partial charge in [0.25, 0.3) is 0 Å². The molecule has 0 spiro atoms. The minimum absolute atomic E-state index is 0.361. The van der Waals surface area contributed by atoms with E-state index in [4.69, 9.17) is 23.2 Å². The van der Waals surface area contributed by atoms with Gasteiger partial charge in [-0.15, -0.1) is 0 Å². The molecule has 1 aromatic carbocycles. The first-order chi connectivity index (χ1) is 12.6. The summed E-state index contributed by atoms with van der Waals surface area (Å²) in [6.45, 7) is 0.637. The van der Waals surface area contributed by atoms with Gasteiger partial charge < -0.3 is 10.0 Å². The Morgan fingerprint density at radius 2 is 2.15 bits per heavy atom. The number of carboxylic acids is 1. The number of piperidine rings is 1. The van der Waals surface area contributed by atoms with Gasteiger partial charge >= 0.3 is 5.97 Å². The number of hydrogen-bond donors (Lipinski definition) is 2. The number of aromatic nitrogens is 3. The summed E-state index contributed by atoms with van der Waals surface area (Å²) in [6, 6.07) is 4.91. The summed E-state index contributed by atoms with van der Waals surface area (Å²) < 4.78 is 0. The van der Waals surface area contributed by atoms with Crippen molar-refractivity contribution < 1.29 is 9.90 Å². The first-order valence-corrected chi connectivity index (χ1v) is 9.09. The number of aromatic amines is 1. The van der Waals surface area contributed by atoms with E-state index < -0.39 is 12.0 Å². The fraction of sp³-hybridized carbons (Fsp3) is 0.278. The van der Waals surface area contributed by atoms with Crippen LogP contribution in [0, 0.1) is 0 Å². The molecule has 0 bridgehead atoms. The Hall–Kier alpha value is -2.31. The van der Waals surface area contributed by atoms with E-state index >= 15 is 0 Å². The van der Waals surface area contributed by atoms with Crippen LogP contribution in [-0.4, -0.2) is 38.8 Å². The average molecular weight is 391 g/mol. The number of halogens is 2. The van der Waals surface area contributed by atoms with Crippen molar-refractivity contribution in [1.82, 2.24) is 15.2 Å². The molecule has 26 heavy (non-hydrogen) atoms. The monoisotopic (exact) mass is 390 g/mol. The summed E-state index contributed by atoms with van der Waals surface area (Å²) in [7, 11) is 0. The van der Waals surface area contributed by atoms with Crippen molar-refractivity contribution in [3.8, 4) is 11.1 Å². The molecule has 3 aromatic rings. The third-order valence-corrected chi connectivity index (χ3v) is 5.54. The maximum Gasteiger partial charge on any atom is 0.326 e. The maximum absolute atomic E-state index is 11.7. The Labute approximate surface area is 159 Å². The van der Waals surface area contributed by atoms with Gasteiger partial charge in [-0.05, 0) is 37.0 Å². The van der Waals surface area contributed by atoms with Gasteiger partial charge in [-0.3, -0.25) is 5.10 Å². The molecule has 8 heteroatoms. The van der Waals surface area contributed by atoms with Crippen molar-refractivity contribution in [3.05, 3.63) is 40.6 Å². The predicted octanol–water partition coefficient (Wildman–Crippen LogP) is 4.38. The van der Waals surface area contributed by atoms with Crippen LogP contribution in [0.4, 0.5) is 5.82 Å². The number of nitrogens with one attached hydrogen (secondary N) is 1. The minimum Gasteiger partial charge on any atom is -0.480 e. The number of benzene rings is 1. The van der Waals surface area contributed by atoms with Crippen molar-refractivity contribution in [2.75, 3.05) is 11.4 Å². The number of carboxylic acid groups (broad SMARTS) is 1. The van der Waals surface area contributed by atoms with E-state index in [1.165, 1.54) is 0 Å². The highest BCUT2D eigenvalue weighted by Gasteiger charge is 2.30. The third kappa shape index (κ3) is 2.89. The quantitative estimate of drug-likeness (QED) is 0.693. The number of fused-ring (bicyclic) bond motifs is 1. The van der Waals surface area contributed by atoms with Crippen molar-refractivity contribution in [2.45, 2.75) is 25.3 Å². The molecule has 1 fully saturated rings. The standard InChI is InChI=1S/C18H16Cl2N4O2/c19-13-5-4-11-12(10-8-21-22-9-10)7-15(23-17(11)16(13)20)24-6-2-1-3-14(24)18(25)26/h4-5,7-9,14H,1-3,6H2,(H,21,22)(H,25,26)/t14-/m0/s1. The molecule has 2 aromatic heterocycles. The van der Waals surface area contributed by atoms with Crippen LogP contribution in [0.5, 0.6) is 0 Å². The lowest BCUT2D eigenvalue weighted by atomic mass is 10.00. The summed E-state index contributed by atoms with van der Waals surface area (Å²) >= 11 is 12.6. The Morgan fingerprint density at radius 1 is 1.31 bits per heavy atom. The molecule has 0 amide bonds. The van der Waals surface area contributed by atoms with Crippen molar-refractivity contribution >= 4 is 45.9 Å². The van der Waals surface area contributed by atoms with Crippen LogP contribution in [0.3, 0.4) is 0 Å². The summed E-state index contributed by atoms with van der Waals surface area (Å²) in [5.41, 5.74) is 2.32. The summed E-state index contributed by atoms with van der Waals surface area (Å²) in [5, 5.41) is 18.0. The van der Waals surface area contributed by atoms with Gasteiger partial charge in [-0.2, -0.15) is 5.10 Å². The number of pyridine rings is 1. The second kappa shape index (κ2) is 6.78. The van der Waals surface area contributed by atoms with Crippen molar-refractivity contribution in [3.63, 3.8) is 0 Å². The topological polar surface area (TPSA) is 82.1 Å².